The average molecular weight is 276 g/mol. The summed E-state index contributed by atoms with van der Waals surface area (Å²) in [5.74, 6) is 0.233. The van der Waals surface area contributed by atoms with Crippen LogP contribution in [0.5, 0.6) is 0 Å². The number of pyridine rings is 1. The minimum atomic E-state index is -0.480. The molecule has 1 aromatic heterocycles. The van der Waals surface area contributed by atoms with E-state index in [2.05, 4.69) is 4.98 Å². The van der Waals surface area contributed by atoms with E-state index in [0.717, 1.165) is 0 Å². The Morgan fingerprint density at radius 2 is 2.05 bits per heavy atom. The normalized spacial score (nSPS) is 15.7. The zero-order chi connectivity index (χ0) is 14.8. The highest BCUT2D eigenvalue weighted by Gasteiger charge is 2.34. The SMILES string of the molecule is CC(C)(C)OC(=O)N1CC(CC(=O)c2ccccn2)C1. The highest BCUT2D eigenvalue weighted by molar-refractivity contribution is 5.94. The fourth-order valence-corrected chi connectivity index (χ4v) is 2.07. The summed E-state index contributed by atoms with van der Waals surface area (Å²) in [6.45, 7) is 6.67. The maximum atomic E-state index is 12.0. The van der Waals surface area contributed by atoms with Gasteiger partial charge in [-0.1, -0.05) is 6.07 Å². The first-order valence-corrected chi connectivity index (χ1v) is 6.77. The van der Waals surface area contributed by atoms with Crippen LogP contribution < -0.4 is 0 Å². The van der Waals surface area contributed by atoms with Gasteiger partial charge in [0, 0.05) is 31.6 Å². The van der Waals surface area contributed by atoms with Gasteiger partial charge in [-0.05, 0) is 32.9 Å². The monoisotopic (exact) mass is 276 g/mol. The third kappa shape index (κ3) is 3.79. The maximum absolute atomic E-state index is 12.0. The zero-order valence-electron chi connectivity index (χ0n) is 12.1. The lowest BCUT2D eigenvalue weighted by Gasteiger charge is -2.39. The van der Waals surface area contributed by atoms with E-state index in [1.807, 2.05) is 20.8 Å². The summed E-state index contributed by atoms with van der Waals surface area (Å²) >= 11 is 0. The van der Waals surface area contributed by atoms with Crippen LogP contribution in [0.25, 0.3) is 0 Å². The molecule has 108 valence electrons. The van der Waals surface area contributed by atoms with Gasteiger partial charge in [-0.3, -0.25) is 9.78 Å². The molecule has 1 saturated heterocycles. The van der Waals surface area contributed by atoms with E-state index < -0.39 is 5.60 Å². The van der Waals surface area contributed by atoms with Crippen molar-refractivity contribution >= 4 is 11.9 Å². The van der Waals surface area contributed by atoms with Crippen LogP contribution >= 0.6 is 0 Å². The highest BCUT2D eigenvalue weighted by atomic mass is 16.6. The summed E-state index contributed by atoms with van der Waals surface area (Å²) in [4.78, 5) is 29.4. The van der Waals surface area contributed by atoms with Crippen molar-refractivity contribution in [1.82, 2.24) is 9.88 Å². The fraction of sp³-hybridized carbons (Fsp3) is 0.533. The Morgan fingerprint density at radius 1 is 1.35 bits per heavy atom. The van der Waals surface area contributed by atoms with Crippen molar-refractivity contribution in [3.05, 3.63) is 30.1 Å². The average Bonchev–Trinajstić information content (AvgIpc) is 2.31. The molecule has 0 aromatic carbocycles. The first-order chi connectivity index (χ1) is 9.35. The summed E-state index contributed by atoms with van der Waals surface area (Å²) in [7, 11) is 0. The molecule has 1 aliphatic heterocycles. The predicted octanol–water partition coefficient (Wildman–Crippen LogP) is 2.52. The molecule has 1 amide bonds. The van der Waals surface area contributed by atoms with Crippen molar-refractivity contribution in [2.45, 2.75) is 32.8 Å². The number of ketones is 1. The van der Waals surface area contributed by atoms with Gasteiger partial charge in [-0.25, -0.2) is 4.79 Å². The van der Waals surface area contributed by atoms with E-state index >= 15 is 0 Å². The molecule has 2 rings (SSSR count). The molecule has 1 fully saturated rings. The fourth-order valence-electron chi connectivity index (χ4n) is 2.07. The minimum Gasteiger partial charge on any atom is -0.444 e. The Kier molecular flexibility index (Phi) is 4.06. The van der Waals surface area contributed by atoms with E-state index in [-0.39, 0.29) is 17.8 Å². The van der Waals surface area contributed by atoms with Crippen LogP contribution in [0.4, 0.5) is 4.79 Å². The molecule has 0 saturated carbocycles. The number of likely N-dealkylation sites (tertiary alicyclic amines) is 1. The van der Waals surface area contributed by atoms with Crippen LogP contribution in [0.15, 0.2) is 24.4 Å². The van der Waals surface area contributed by atoms with Crippen molar-refractivity contribution in [2.75, 3.05) is 13.1 Å². The molecule has 2 heterocycles. The molecule has 20 heavy (non-hydrogen) atoms. The van der Waals surface area contributed by atoms with Gasteiger partial charge in [0.1, 0.15) is 11.3 Å². The van der Waals surface area contributed by atoms with Crippen molar-refractivity contribution in [1.29, 1.82) is 0 Å². The molecule has 5 nitrogen and oxygen atoms in total. The number of amides is 1. The Balaban J connectivity index is 1.77. The van der Waals surface area contributed by atoms with Gasteiger partial charge >= 0.3 is 6.09 Å². The number of nitrogens with zero attached hydrogens (tertiary/aromatic N) is 2. The standard InChI is InChI=1S/C15H20N2O3/c1-15(2,3)20-14(19)17-9-11(10-17)8-13(18)12-6-4-5-7-16-12/h4-7,11H,8-10H2,1-3H3. The molecule has 0 unspecified atom stereocenters. The van der Waals surface area contributed by atoms with Gasteiger partial charge in [0.2, 0.25) is 0 Å². The van der Waals surface area contributed by atoms with Crippen LogP contribution in [0.2, 0.25) is 0 Å². The zero-order valence-corrected chi connectivity index (χ0v) is 12.1. The van der Waals surface area contributed by atoms with E-state index in [1.165, 1.54) is 0 Å². The maximum Gasteiger partial charge on any atom is 0.410 e. The van der Waals surface area contributed by atoms with Gasteiger partial charge < -0.3 is 9.64 Å². The number of rotatable bonds is 3. The van der Waals surface area contributed by atoms with Crippen LogP contribution in [0.3, 0.4) is 0 Å². The number of Topliss-reactive ketones (excluding diaryl/α,β-unsaturated/α-hetero) is 1. The van der Waals surface area contributed by atoms with Gasteiger partial charge in [0.25, 0.3) is 0 Å². The molecule has 5 heteroatoms. The number of hydrogen-bond acceptors (Lipinski definition) is 4. The van der Waals surface area contributed by atoms with Crippen LogP contribution in [-0.4, -0.2) is 40.5 Å². The van der Waals surface area contributed by atoms with Crippen LogP contribution in [0.1, 0.15) is 37.7 Å². The first-order valence-electron chi connectivity index (χ1n) is 6.77. The van der Waals surface area contributed by atoms with E-state index in [0.29, 0.717) is 25.2 Å². The lowest BCUT2D eigenvalue weighted by Crippen LogP contribution is -2.52. The van der Waals surface area contributed by atoms with Crippen molar-refractivity contribution in [2.24, 2.45) is 5.92 Å². The van der Waals surface area contributed by atoms with Crippen molar-refractivity contribution in [3.63, 3.8) is 0 Å². The molecule has 1 aromatic rings. The number of aromatic nitrogens is 1. The van der Waals surface area contributed by atoms with Gasteiger partial charge in [-0.15, -0.1) is 0 Å². The first kappa shape index (κ1) is 14.5. The number of carbonyl (C=O) groups excluding carboxylic acids is 2. The Morgan fingerprint density at radius 3 is 2.60 bits per heavy atom. The molecule has 0 aliphatic carbocycles. The number of hydrogen-bond donors (Lipinski definition) is 0. The molecular formula is C15H20N2O3. The topological polar surface area (TPSA) is 59.5 Å². The summed E-state index contributed by atoms with van der Waals surface area (Å²) < 4.78 is 5.27. The molecule has 0 spiro atoms. The van der Waals surface area contributed by atoms with Crippen molar-refractivity contribution < 1.29 is 14.3 Å². The van der Waals surface area contributed by atoms with E-state index in [4.69, 9.17) is 4.74 Å². The summed E-state index contributed by atoms with van der Waals surface area (Å²) in [6.07, 6.45) is 1.73. The Labute approximate surface area is 118 Å². The van der Waals surface area contributed by atoms with E-state index in [1.54, 1.807) is 29.3 Å². The molecule has 0 atom stereocenters. The lowest BCUT2D eigenvalue weighted by molar-refractivity contribution is -0.00174. The van der Waals surface area contributed by atoms with Crippen LogP contribution in [-0.2, 0) is 4.74 Å². The Hall–Kier alpha value is -1.91. The smallest absolute Gasteiger partial charge is 0.410 e. The Bertz CT molecular complexity index is 488. The second-order valence-corrected chi connectivity index (χ2v) is 6.09. The summed E-state index contributed by atoms with van der Waals surface area (Å²) in [6, 6.07) is 5.30. The summed E-state index contributed by atoms with van der Waals surface area (Å²) in [5, 5.41) is 0. The third-order valence-corrected chi connectivity index (χ3v) is 3.03. The number of carbonyl (C=O) groups is 2. The minimum absolute atomic E-state index is 0.0273. The van der Waals surface area contributed by atoms with Crippen LogP contribution in [0, 0.1) is 5.92 Å². The molecule has 1 aliphatic rings. The van der Waals surface area contributed by atoms with Crippen molar-refractivity contribution in [3.8, 4) is 0 Å². The highest BCUT2D eigenvalue weighted by Crippen LogP contribution is 2.23. The molecular weight excluding hydrogens is 256 g/mol. The van der Waals surface area contributed by atoms with Gasteiger partial charge in [0.05, 0.1) is 0 Å². The van der Waals surface area contributed by atoms with Gasteiger partial charge in [-0.2, -0.15) is 0 Å². The predicted molar refractivity (Wildman–Crippen MR) is 74.5 cm³/mol. The van der Waals surface area contributed by atoms with Gasteiger partial charge in [0.15, 0.2) is 5.78 Å². The summed E-state index contributed by atoms with van der Waals surface area (Å²) in [5.41, 5.74) is 0.00888. The third-order valence-electron chi connectivity index (χ3n) is 3.03. The molecule has 0 bridgehead atoms. The lowest BCUT2D eigenvalue weighted by atomic mass is 9.93. The second-order valence-electron chi connectivity index (χ2n) is 6.09. The quantitative estimate of drug-likeness (QED) is 0.796. The second kappa shape index (κ2) is 5.61. The number of ether oxygens (including phenoxy) is 1. The molecule has 0 radical (unpaired) electrons. The largest absolute Gasteiger partial charge is 0.444 e. The molecule has 0 N–H and O–H groups in total. The van der Waals surface area contributed by atoms with E-state index in [9.17, 15) is 9.59 Å².